The maximum Gasteiger partial charge on any atom is 0.345 e. The Balaban J connectivity index is 1.56. The molecule has 0 bridgehead atoms. The number of pyridine rings is 1. The molecule has 0 atom stereocenters. The number of imidazole rings is 1. The summed E-state index contributed by atoms with van der Waals surface area (Å²) in [4.78, 5) is 21.8. The minimum Gasteiger partial charge on any atom is -0.422 e. The van der Waals surface area contributed by atoms with E-state index in [1.807, 2.05) is 30.5 Å². The smallest absolute Gasteiger partial charge is 0.345 e. The van der Waals surface area contributed by atoms with Gasteiger partial charge < -0.3 is 18.6 Å². The molecule has 0 spiro atoms. The SMILES string of the molecule is CN1CCN(c2ccc3cc(-c4cn5cccc(Cl)c5n4)c(=O)oc3c2)CC1. The maximum absolute atomic E-state index is 12.7. The highest BCUT2D eigenvalue weighted by Crippen LogP contribution is 2.26. The predicted molar refractivity (Wildman–Crippen MR) is 111 cm³/mol. The van der Waals surface area contributed by atoms with Crippen LogP contribution in [-0.4, -0.2) is 47.5 Å². The summed E-state index contributed by atoms with van der Waals surface area (Å²) in [5, 5.41) is 1.41. The number of halogens is 1. The number of rotatable bonds is 2. The second-order valence-corrected chi connectivity index (χ2v) is 7.58. The molecule has 0 saturated carbocycles. The molecule has 0 radical (unpaired) electrons. The third-order valence-electron chi connectivity index (χ3n) is 5.30. The van der Waals surface area contributed by atoms with Crippen molar-refractivity contribution < 1.29 is 4.42 Å². The Hall–Kier alpha value is -2.83. The summed E-state index contributed by atoms with van der Waals surface area (Å²) in [7, 11) is 2.13. The molecule has 0 unspecified atom stereocenters. The van der Waals surface area contributed by atoms with Crippen LogP contribution < -0.4 is 10.5 Å². The second-order valence-electron chi connectivity index (χ2n) is 7.17. The normalized spacial score (nSPS) is 15.6. The van der Waals surface area contributed by atoms with Crippen LogP contribution in [0.4, 0.5) is 5.69 Å². The fraction of sp³-hybridized carbons (Fsp3) is 0.238. The lowest BCUT2D eigenvalue weighted by molar-refractivity contribution is 0.313. The summed E-state index contributed by atoms with van der Waals surface area (Å²) >= 11 is 6.20. The van der Waals surface area contributed by atoms with Gasteiger partial charge in [0.1, 0.15) is 5.58 Å². The van der Waals surface area contributed by atoms with E-state index >= 15 is 0 Å². The molecule has 1 aliphatic heterocycles. The molecule has 7 heteroatoms. The molecule has 1 fully saturated rings. The Kier molecular flexibility index (Phi) is 4.10. The van der Waals surface area contributed by atoms with E-state index in [9.17, 15) is 4.79 Å². The van der Waals surface area contributed by atoms with Gasteiger partial charge in [-0.05, 0) is 37.4 Å². The van der Waals surface area contributed by atoms with Gasteiger partial charge in [-0.15, -0.1) is 0 Å². The van der Waals surface area contributed by atoms with E-state index < -0.39 is 5.63 Å². The molecule has 1 aliphatic rings. The molecule has 0 amide bonds. The number of anilines is 1. The number of hydrogen-bond acceptors (Lipinski definition) is 5. The van der Waals surface area contributed by atoms with Crippen LogP contribution in [0, 0.1) is 0 Å². The third kappa shape index (κ3) is 2.95. The number of likely N-dealkylation sites (N-methyl/N-ethyl adjacent to an activating group) is 1. The summed E-state index contributed by atoms with van der Waals surface area (Å²) in [5.41, 5.74) is 2.86. The maximum atomic E-state index is 12.7. The van der Waals surface area contributed by atoms with Gasteiger partial charge in [0.25, 0.3) is 0 Å². The summed E-state index contributed by atoms with van der Waals surface area (Å²) in [6.07, 6.45) is 3.64. The van der Waals surface area contributed by atoms with Crippen molar-refractivity contribution in [1.29, 1.82) is 0 Å². The number of piperazine rings is 1. The first-order valence-electron chi connectivity index (χ1n) is 9.23. The second kappa shape index (κ2) is 6.65. The lowest BCUT2D eigenvalue weighted by atomic mass is 10.1. The van der Waals surface area contributed by atoms with Crippen molar-refractivity contribution in [2.45, 2.75) is 0 Å². The van der Waals surface area contributed by atoms with Crippen LogP contribution in [0.5, 0.6) is 0 Å². The van der Waals surface area contributed by atoms with Crippen LogP contribution in [0.25, 0.3) is 27.9 Å². The highest BCUT2D eigenvalue weighted by Gasteiger charge is 2.17. The van der Waals surface area contributed by atoms with Crippen LogP contribution in [0.3, 0.4) is 0 Å². The van der Waals surface area contributed by atoms with Crippen molar-refractivity contribution in [2.75, 3.05) is 38.1 Å². The number of benzene rings is 1. The Morgan fingerprint density at radius 2 is 1.93 bits per heavy atom. The molecule has 3 aromatic heterocycles. The van der Waals surface area contributed by atoms with Gasteiger partial charge in [0.15, 0.2) is 5.65 Å². The van der Waals surface area contributed by atoms with Crippen molar-refractivity contribution in [3.63, 3.8) is 0 Å². The van der Waals surface area contributed by atoms with E-state index in [4.69, 9.17) is 16.0 Å². The van der Waals surface area contributed by atoms with Gasteiger partial charge in [0, 0.05) is 55.7 Å². The molecule has 0 aliphatic carbocycles. The Morgan fingerprint density at radius 1 is 1.11 bits per heavy atom. The number of nitrogens with zero attached hydrogens (tertiary/aromatic N) is 4. The Bertz CT molecular complexity index is 1240. The molecular weight excluding hydrogens is 376 g/mol. The topological polar surface area (TPSA) is 54.0 Å². The van der Waals surface area contributed by atoms with Crippen molar-refractivity contribution in [1.82, 2.24) is 14.3 Å². The predicted octanol–water partition coefficient (Wildman–Crippen LogP) is 3.51. The van der Waals surface area contributed by atoms with Gasteiger partial charge >= 0.3 is 5.63 Å². The molecule has 1 saturated heterocycles. The molecule has 142 valence electrons. The quantitative estimate of drug-likeness (QED) is 0.487. The van der Waals surface area contributed by atoms with E-state index in [-0.39, 0.29) is 0 Å². The molecule has 5 rings (SSSR count). The first-order valence-corrected chi connectivity index (χ1v) is 9.61. The Morgan fingerprint density at radius 3 is 2.71 bits per heavy atom. The van der Waals surface area contributed by atoms with Gasteiger partial charge in [0.2, 0.25) is 0 Å². The van der Waals surface area contributed by atoms with E-state index in [1.54, 1.807) is 16.7 Å². The standard InChI is InChI=1S/C21H19ClN4O2/c1-24-7-9-25(10-8-24)15-5-4-14-11-16(21(27)28-19(14)12-15)18-13-26-6-2-3-17(22)20(26)23-18/h2-6,11-13H,7-10H2,1H3. The highest BCUT2D eigenvalue weighted by atomic mass is 35.5. The van der Waals surface area contributed by atoms with E-state index in [0.29, 0.717) is 27.5 Å². The van der Waals surface area contributed by atoms with Gasteiger partial charge in [-0.25, -0.2) is 9.78 Å². The molecule has 4 heterocycles. The fourth-order valence-corrected chi connectivity index (χ4v) is 3.86. The average molecular weight is 395 g/mol. The molecule has 0 N–H and O–H groups in total. The molecule has 28 heavy (non-hydrogen) atoms. The zero-order valence-corrected chi connectivity index (χ0v) is 16.2. The van der Waals surface area contributed by atoms with Gasteiger partial charge in [-0.3, -0.25) is 0 Å². The summed E-state index contributed by atoms with van der Waals surface area (Å²) in [6, 6.07) is 11.5. The van der Waals surface area contributed by atoms with Crippen LogP contribution in [-0.2, 0) is 0 Å². The van der Waals surface area contributed by atoms with Crippen molar-refractivity contribution >= 4 is 33.9 Å². The molecule has 1 aromatic carbocycles. The van der Waals surface area contributed by atoms with Gasteiger partial charge in [-0.1, -0.05) is 11.6 Å². The van der Waals surface area contributed by atoms with Crippen molar-refractivity contribution in [3.8, 4) is 11.3 Å². The molecule has 4 aromatic rings. The first-order chi connectivity index (χ1) is 13.6. The lowest BCUT2D eigenvalue weighted by Crippen LogP contribution is -2.44. The fourth-order valence-electron chi connectivity index (χ4n) is 3.65. The van der Waals surface area contributed by atoms with E-state index in [2.05, 4.69) is 27.9 Å². The van der Waals surface area contributed by atoms with Gasteiger partial charge in [0.05, 0.1) is 16.3 Å². The zero-order valence-electron chi connectivity index (χ0n) is 15.4. The minimum absolute atomic E-state index is 0.400. The number of aromatic nitrogens is 2. The zero-order chi connectivity index (χ0) is 19.3. The molecular formula is C21H19ClN4O2. The third-order valence-corrected chi connectivity index (χ3v) is 5.59. The van der Waals surface area contributed by atoms with E-state index in [1.165, 1.54) is 0 Å². The first kappa shape index (κ1) is 17.3. The van der Waals surface area contributed by atoms with Crippen molar-refractivity contribution in [3.05, 3.63) is 64.2 Å². The van der Waals surface area contributed by atoms with Crippen LogP contribution in [0.1, 0.15) is 0 Å². The number of hydrogen-bond donors (Lipinski definition) is 0. The van der Waals surface area contributed by atoms with Crippen molar-refractivity contribution in [2.24, 2.45) is 0 Å². The Labute approximate surface area is 166 Å². The van der Waals surface area contributed by atoms with Gasteiger partial charge in [-0.2, -0.15) is 0 Å². The van der Waals surface area contributed by atoms with Crippen LogP contribution >= 0.6 is 11.6 Å². The highest BCUT2D eigenvalue weighted by molar-refractivity contribution is 6.33. The summed E-state index contributed by atoms with van der Waals surface area (Å²) in [6.45, 7) is 3.98. The molecule has 6 nitrogen and oxygen atoms in total. The average Bonchev–Trinajstić information content (AvgIpc) is 3.13. The summed E-state index contributed by atoms with van der Waals surface area (Å²) < 4.78 is 7.45. The van der Waals surface area contributed by atoms with Crippen LogP contribution in [0.15, 0.2) is 58.0 Å². The van der Waals surface area contributed by atoms with Crippen LogP contribution in [0.2, 0.25) is 5.02 Å². The lowest BCUT2D eigenvalue weighted by Gasteiger charge is -2.34. The minimum atomic E-state index is -0.400. The summed E-state index contributed by atoms with van der Waals surface area (Å²) in [5.74, 6) is 0. The largest absolute Gasteiger partial charge is 0.422 e. The van der Waals surface area contributed by atoms with E-state index in [0.717, 1.165) is 37.3 Å². The monoisotopic (exact) mass is 394 g/mol. The number of fused-ring (bicyclic) bond motifs is 2.